The molecule has 0 aliphatic rings. The van der Waals surface area contributed by atoms with Crippen molar-refractivity contribution in [2.45, 2.75) is 272 Å². The van der Waals surface area contributed by atoms with Crippen LogP contribution in [0, 0.1) is 11.8 Å². The van der Waals surface area contributed by atoms with Gasteiger partial charge in [-0.1, -0.05) is 227 Å². The minimum absolute atomic E-state index is 0.0650. The lowest BCUT2D eigenvalue weighted by Crippen LogP contribution is -2.30. The summed E-state index contributed by atoms with van der Waals surface area (Å²) in [5.41, 5.74) is 0. The minimum atomic E-state index is -0.760. The molecule has 6 nitrogen and oxygen atoms in total. The lowest BCUT2D eigenvalue weighted by atomic mass is 10.0. The van der Waals surface area contributed by atoms with Crippen molar-refractivity contribution in [3.63, 3.8) is 0 Å². The van der Waals surface area contributed by atoms with Crippen molar-refractivity contribution in [3.05, 3.63) is 0 Å². The van der Waals surface area contributed by atoms with Crippen LogP contribution in [0.1, 0.15) is 266 Å². The molecule has 0 radical (unpaired) electrons. The van der Waals surface area contributed by atoms with E-state index in [1.165, 1.54) is 154 Å². The van der Waals surface area contributed by atoms with Gasteiger partial charge in [0.1, 0.15) is 13.2 Å². The molecule has 0 aliphatic heterocycles. The summed E-state index contributed by atoms with van der Waals surface area (Å²) in [4.78, 5) is 37.7. The third-order valence-electron chi connectivity index (χ3n) is 11.0. The number of hydrogen-bond acceptors (Lipinski definition) is 6. The summed E-state index contributed by atoms with van der Waals surface area (Å²) in [6.07, 6.45) is 41.0. The SMILES string of the molecule is CCCCCCCCCCCCC(=O)OC[C@@H](COC(=O)CCCCCCCCC(C)C)OC(=O)CCCCCCCCCCCCCCCCCC(C)C. The zero-order chi connectivity index (χ0) is 40.5. The number of esters is 3. The zero-order valence-corrected chi connectivity index (χ0v) is 37.6. The van der Waals surface area contributed by atoms with E-state index in [9.17, 15) is 14.4 Å². The predicted molar refractivity (Wildman–Crippen MR) is 233 cm³/mol. The highest BCUT2D eigenvalue weighted by molar-refractivity contribution is 5.71. The number of carbonyl (C=O) groups excluding carboxylic acids is 3. The largest absolute Gasteiger partial charge is 0.462 e. The summed E-state index contributed by atoms with van der Waals surface area (Å²) in [7, 11) is 0. The first-order valence-electron chi connectivity index (χ1n) is 24.2. The quantitative estimate of drug-likeness (QED) is 0.0348. The maximum absolute atomic E-state index is 12.7. The molecule has 1 atom stereocenters. The van der Waals surface area contributed by atoms with E-state index in [0.29, 0.717) is 19.3 Å². The molecule has 0 heterocycles. The van der Waals surface area contributed by atoms with Crippen LogP contribution < -0.4 is 0 Å². The molecular formula is C49H94O6. The second-order valence-electron chi connectivity index (χ2n) is 17.7. The molecule has 0 aromatic rings. The maximum atomic E-state index is 12.7. The molecule has 0 saturated carbocycles. The molecule has 0 aromatic heterocycles. The Kier molecular flexibility index (Phi) is 40.8. The summed E-state index contributed by atoms with van der Waals surface area (Å²) in [6, 6.07) is 0. The molecule has 0 saturated heterocycles. The highest BCUT2D eigenvalue weighted by Gasteiger charge is 2.19. The molecule has 0 unspecified atom stereocenters. The van der Waals surface area contributed by atoms with Gasteiger partial charge in [-0.25, -0.2) is 0 Å². The van der Waals surface area contributed by atoms with E-state index < -0.39 is 6.10 Å². The van der Waals surface area contributed by atoms with Crippen LogP contribution in [-0.2, 0) is 28.6 Å². The van der Waals surface area contributed by atoms with Gasteiger partial charge in [0.15, 0.2) is 6.10 Å². The summed E-state index contributed by atoms with van der Waals surface area (Å²) >= 11 is 0. The summed E-state index contributed by atoms with van der Waals surface area (Å²) in [5.74, 6) is 0.753. The molecule has 0 amide bonds. The molecular weight excluding hydrogens is 685 g/mol. The molecule has 0 N–H and O–H groups in total. The Morgan fingerprint density at radius 2 is 0.600 bits per heavy atom. The van der Waals surface area contributed by atoms with Gasteiger partial charge in [0.2, 0.25) is 0 Å². The van der Waals surface area contributed by atoms with Gasteiger partial charge >= 0.3 is 17.9 Å². The van der Waals surface area contributed by atoms with Crippen molar-refractivity contribution in [1.82, 2.24) is 0 Å². The van der Waals surface area contributed by atoms with Crippen molar-refractivity contribution < 1.29 is 28.6 Å². The fourth-order valence-corrected chi connectivity index (χ4v) is 7.28. The molecule has 0 aromatic carbocycles. The van der Waals surface area contributed by atoms with Gasteiger partial charge in [0.25, 0.3) is 0 Å². The lowest BCUT2D eigenvalue weighted by Gasteiger charge is -2.18. The molecule has 0 aliphatic carbocycles. The number of rotatable bonds is 43. The van der Waals surface area contributed by atoms with Crippen LogP contribution in [0.3, 0.4) is 0 Å². The fourth-order valence-electron chi connectivity index (χ4n) is 7.28. The van der Waals surface area contributed by atoms with Gasteiger partial charge in [0.05, 0.1) is 0 Å². The van der Waals surface area contributed by atoms with Crippen LogP contribution in [0.25, 0.3) is 0 Å². The number of unbranched alkanes of at least 4 members (excludes halogenated alkanes) is 28. The Morgan fingerprint density at radius 3 is 0.891 bits per heavy atom. The van der Waals surface area contributed by atoms with Gasteiger partial charge < -0.3 is 14.2 Å². The van der Waals surface area contributed by atoms with Crippen molar-refractivity contribution in [1.29, 1.82) is 0 Å². The molecule has 6 heteroatoms. The standard InChI is InChI=1S/C49H94O6/c1-6-7-8-9-10-11-20-23-29-34-39-47(50)53-42-46(43-54-48(51)40-35-30-26-25-28-33-38-45(4)5)55-49(52)41-36-31-24-21-18-16-14-12-13-15-17-19-22-27-32-37-44(2)3/h44-46H,6-43H2,1-5H3/t46-/m0/s1. The van der Waals surface area contributed by atoms with Gasteiger partial charge in [-0.3, -0.25) is 14.4 Å². The average Bonchev–Trinajstić information content (AvgIpc) is 3.15. The lowest BCUT2D eigenvalue weighted by molar-refractivity contribution is -0.167. The Hall–Kier alpha value is -1.59. The van der Waals surface area contributed by atoms with Crippen LogP contribution in [0.5, 0.6) is 0 Å². The maximum Gasteiger partial charge on any atom is 0.306 e. The first kappa shape index (κ1) is 53.4. The van der Waals surface area contributed by atoms with Crippen LogP contribution in [0.4, 0.5) is 0 Å². The summed E-state index contributed by atoms with van der Waals surface area (Å²) < 4.78 is 16.7. The number of hydrogen-bond donors (Lipinski definition) is 0. The monoisotopic (exact) mass is 779 g/mol. The Balaban J connectivity index is 4.25. The molecule has 0 bridgehead atoms. The molecule has 0 rings (SSSR count). The molecule has 0 fully saturated rings. The third-order valence-corrected chi connectivity index (χ3v) is 11.0. The van der Waals surface area contributed by atoms with Crippen LogP contribution in [0.15, 0.2) is 0 Å². The second kappa shape index (κ2) is 42.0. The van der Waals surface area contributed by atoms with Crippen LogP contribution in [0.2, 0.25) is 0 Å². The van der Waals surface area contributed by atoms with E-state index in [4.69, 9.17) is 14.2 Å². The van der Waals surface area contributed by atoms with Crippen molar-refractivity contribution in [2.75, 3.05) is 13.2 Å². The van der Waals surface area contributed by atoms with E-state index >= 15 is 0 Å². The Bertz CT molecular complexity index is 839. The number of ether oxygens (including phenoxy) is 3. The van der Waals surface area contributed by atoms with Gasteiger partial charge in [0, 0.05) is 19.3 Å². The highest BCUT2D eigenvalue weighted by atomic mass is 16.6. The molecule has 0 spiro atoms. The number of carbonyl (C=O) groups is 3. The van der Waals surface area contributed by atoms with Crippen LogP contribution >= 0.6 is 0 Å². The fraction of sp³-hybridized carbons (Fsp3) is 0.939. The van der Waals surface area contributed by atoms with E-state index in [0.717, 1.165) is 69.6 Å². The van der Waals surface area contributed by atoms with Gasteiger partial charge in [-0.2, -0.15) is 0 Å². The van der Waals surface area contributed by atoms with Crippen LogP contribution in [-0.4, -0.2) is 37.2 Å². The molecule has 55 heavy (non-hydrogen) atoms. The Morgan fingerprint density at radius 1 is 0.345 bits per heavy atom. The van der Waals surface area contributed by atoms with Crippen molar-refractivity contribution in [3.8, 4) is 0 Å². The van der Waals surface area contributed by atoms with Gasteiger partial charge in [-0.15, -0.1) is 0 Å². The highest BCUT2D eigenvalue weighted by Crippen LogP contribution is 2.17. The minimum Gasteiger partial charge on any atom is -0.462 e. The smallest absolute Gasteiger partial charge is 0.306 e. The normalized spacial score (nSPS) is 12.1. The topological polar surface area (TPSA) is 78.9 Å². The summed E-state index contributed by atoms with van der Waals surface area (Å²) in [6.45, 7) is 11.3. The van der Waals surface area contributed by atoms with Crippen molar-refractivity contribution in [2.24, 2.45) is 11.8 Å². The molecule has 326 valence electrons. The van der Waals surface area contributed by atoms with E-state index in [2.05, 4.69) is 34.6 Å². The average molecular weight is 779 g/mol. The van der Waals surface area contributed by atoms with E-state index in [1.807, 2.05) is 0 Å². The van der Waals surface area contributed by atoms with Gasteiger partial charge in [-0.05, 0) is 31.1 Å². The predicted octanol–water partition coefficient (Wildman–Crippen LogP) is 15.4. The Labute approximate surface area is 342 Å². The second-order valence-corrected chi connectivity index (χ2v) is 17.7. The van der Waals surface area contributed by atoms with E-state index in [-0.39, 0.29) is 31.1 Å². The third kappa shape index (κ3) is 43.4. The first-order valence-corrected chi connectivity index (χ1v) is 24.2. The van der Waals surface area contributed by atoms with Crippen molar-refractivity contribution >= 4 is 17.9 Å². The zero-order valence-electron chi connectivity index (χ0n) is 37.6. The first-order chi connectivity index (χ1) is 26.7. The van der Waals surface area contributed by atoms with E-state index in [1.54, 1.807) is 0 Å². The summed E-state index contributed by atoms with van der Waals surface area (Å²) in [5, 5.41) is 0.